The van der Waals surface area contributed by atoms with E-state index in [0.717, 1.165) is 6.42 Å². The summed E-state index contributed by atoms with van der Waals surface area (Å²) in [5.41, 5.74) is 0. The maximum atomic E-state index is 10.4. The van der Waals surface area contributed by atoms with E-state index in [2.05, 4.69) is 0 Å². The minimum Gasteiger partial charge on any atom is -0.481 e. The first-order chi connectivity index (χ1) is 6.99. The summed E-state index contributed by atoms with van der Waals surface area (Å²) in [4.78, 5) is 12.4. The summed E-state index contributed by atoms with van der Waals surface area (Å²) < 4.78 is 5.20. The number of ether oxygens (including phenoxy) is 1. The second-order valence-electron chi connectivity index (χ2n) is 4.15. The highest BCUT2D eigenvalue weighted by atomic mass is 16.6. The Hall–Kier alpha value is -0.650. The van der Waals surface area contributed by atoms with Gasteiger partial charge >= 0.3 is 5.97 Å². The number of aliphatic hydroxyl groups excluding tert-OH is 1. The molecule has 2 N–H and O–H groups in total. The van der Waals surface area contributed by atoms with Crippen LogP contribution in [0.2, 0.25) is 0 Å². The maximum Gasteiger partial charge on any atom is 0.304 e. The fraction of sp³-hybridized carbons (Fsp3) is 0.900. The molecule has 3 atom stereocenters. The van der Waals surface area contributed by atoms with Crippen molar-refractivity contribution in [3.05, 3.63) is 0 Å². The van der Waals surface area contributed by atoms with Crippen LogP contribution in [-0.2, 0) is 9.53 Å². The molecule has 1 fully saturated rings. The Bertz CT molecular complexity index is 211. The molecule has 0 spiro atoms. The quantitative estimate of drug-likeness (QED) is 0.707. The molecule has 1 aliphatic rings. The molecule has 0 unspecified atom stereocenters. The molecule has 0 saturated carbocycles. The van der Waals surface area contributed by atoms with E-state index in [9.17, 15) is 9.90 Å². The predicted molar refractivity (Wildman–Crippen MR) is 54.5 cm³/mol. The molecule has 1 aliphatic heterocycles. The molecule has 0 bridgehead atoms. The topological polar surface area (TPSA) is 70.0 Å². The number of carboxylic acid groups (broad SMARTS) is 1. The van der Waals surface area contributed by atoms with Crippen molar-refractivity contribution in [1.82, 2.24) is 4.90 Å². The van der Waals surface area contributed by atoms with Crippen LogP contribution in [0.4, 0.5) is 0 Å². The van der Waals surface area contributed by atoms with Gasteiger partial charge in [-0.25, -0.2) is 0 Å². The van der Waals surface area contributed by atoms with Gasteiger partial charge in [-0.15, -0.1) is 0 Å². The Labute approximate surface area is 89.6 Å². The molecule has 15 heavy (non-hydrogen) atoms. The zero-order chi connectivity index (χ0) is 11.4. The van der Waals surface area contributed by atoms with Gasteiger partial charge < -0.3 is 19.8 Å². The van der Waals surface area contributed by atoms with Gasteiger partial charge in [-0.05, 0) is 20.4 Å². The van der Waals surface area contributed by atoms with Crippen LogP contribution in [-0.4, -0.2) is 53.1 Å². The first-order valence-electron chi connectivity index (χ1n) is 5.24. The molecule has 0 aromatic heterocycles. The van der Waals surface area contributed by atoms with E-state index in [1.807, 2.05) is 18.9 Å². The number of aliphatic carboxylic acids is 1. The third-order valence-corrected chi connectivity index (χ3v) is 2.77. The number of hydrogen-bond donors (Lipinski definition) is 2. The van der Waals surface area contributed by atoms with Crippen molar-refractivity contribution in [3.8, 4) is 0 Å². The third-order valence-electron chi connectivity index (χ3n) is 2.77. The van der Waals surface area contributed by atoms with Gasteiger partial charge in [0.25, 0.3) is 0 Å². The van der Waals surface area contributed by atoms with Crippen LogP contribution in [0, 0.1) is 0 Å². The summed E-state index contributed by atoms with van der Waals surface area (Å²) in [6, 6.07) is 0.211. The lowest BCUT2D eigenvalue weighted by Crippen LogP contribution is -2.43. The molecule has 5 heteroatoms. The zero-order valence-electron chi connectivity index (χ0n) is 9.22. The lowest BCUT2D eigenvalue weighted by molar-refractivity contribution is -0.173. The number of nitrogens with zero attached hydrogens (tertiary/aromatic N) is 1. The van der Waals surface area contributed by atoms with Gasteiger partial charge in [-0.3, -0.25) is 4.79 Å². The third kappa shape index (κ3) is 4.15. The van der Waals surface area contributed by atoms with Gasteiger partial charge in [0.1, 0.15) is 0 Å². The van der Waals surface area contributed by atoms with E-state index >= 15 is 0 Å². The van der Waals surface area contributed by atoms with Gasteiger partial charge in [0.15, 0.2) is 6.29 Å². The average molecular weight is 217 g/mol. The number of carboxylic acids is 1. The van der Waals surface area contributed by atoms with E-state index in [1.54, 1.807) is 0 Å². The van der Waals surface area contributed by atoms with Gasteiger partial charge in [0.2, 0.25) is 0 Å². The summed E-state index contributed by atoms with van der Waals surface area (Å²) in [6.07, 6.45) is 0.850. The van der Waals surface area contributed by atoms with Crippen LogP contribution in [0.3, 0.4) is 0 Å². The van der Waals surface area contributed by atoms with E-state index in [-0.39, 0.29) is 18.6 Å². The van der Waals surface area contributed by atoms with Crippen molar-refractivity contribution < 1.29 is 19.7 Å². The lowest BCUT2D eigenvalue weighted by atomic mass is 10.0. The van der Waals surface area contributed by atoms with Crippen LogP contribution in [0.25, 0.3) is 0 Å². The summed E-state index contributed by atoms with van der Waals surface area (Å²) in [5.74, 6) is -0.789. The number of aliphatic hydroxyl groups is 1. The molecule has 5 nitrogen and oxygen atoms in total. The van der Waals surface area contributed by atoms with Crippen molar-refractivity contribution in [1.29, 1.82) is 0 Å². The monoisotopic (exact) mass is 217 g/mol. The van der Waals surface area contributed by atoms with Gasteiger partial charge in [-0.2, -0.15) is 0 Å². The Kier molecular flexibility index (Phi) is 4.50. The Morgan fingerprint density at radius 3 is 2.73 bits per heavy atom. The summed E-state index contributed by atoms with van der Waals surface area (Å²) in [6.45, 7) is 2.43. The highest BCUT2D eigenvalue weighted by molar-refractivity contribution is 5.66. The minimum atomic E-state index is -0.789. The molecule has 0 aromatic carbocycles. The van der Waals surface area contributed by atoms with Gasteiger partial charge in [0, 0.05) is 19.0 Å². The maximum absolute atomic E-state index is 10.4. The molecule has 1 rings (SSSR count). The summed E-state index contributed by atoms with van der Waals surface area (Å²) >= 11 is 0. The molecule has 0 aliphatic carbocycles. The lowest BCUT2D eigenvalue weighted by Gasteiger charge is -2.36. The Balaban J connectivity index is 2.37. The van der Waals surface area contributed by atoms with Crippen molar-refractivity contribution >= 4 is 5.97 Å². The summed E-state index contributed by atoms with van der Waals surface area (Å²) in [7, 11) is 1.89. The van der Waals surface area contributed by atoms with Crippen LogP contribution < -0.4 is 0 Å². The fourth-order valence-electron chi connectivity index (χ4n) is 1.91. The summed E-state index contributed by atoms with van der Waals surface area (Å²) in [5, 5.41) is 18.0. The normalized spacial score (nSPS) is 31.9. The predicted octanol–water partition coefficient (Wildman–Crippen LogP) is 0.279. The van der Waals surface area contributed by atoms with Gasteiger partial charge in [0.05, 0.1) is 12.5 Å². The van der Waals surface area contributed by atoms with Crippen molar-refractivity contribution in [3.63, 3.8) is 0 Å². The van der Waals surface area contributed by atoms with Crippen LogP contribution in [0.15, 0.2) is 0 Å². The molecule has 0 radical (unpaired) electrons. The van der Waals surface area contributed by atoms with Crippen molar-refractivity contribution in [2.24, 2.45) is 0 Å². The largest absolute Gasteiger partial charge is 0.481 e. The molecule has 0 aromatic rings. The van der Waals surface area contributed by atoms with Gasteiger partial charge in [-0.1, -0.05) is 0 Å². The molecular formula is C10H19NO4. The second-order valence-corrected chi connectivity index (χ2v) is 4.15. The van der Waals surface area contributed by atoms with Crippen molar-refractivity contribution in [2.75, 3.05) is 13.6 Å². The smallest absolute Gasteiger partial charge is 0.304 e. The molecule has 1 heterocycles. The molecule has 1 saturated heterocycles. The fourth-order valence-corrected chi connectivity index (χ4v) is 1.91. The van der Waals surface area contributed by atoms with Crippen LogP contribution in [0.5, 0.6) is 0 Å². The highest BCUT2D eigenvalue weighted by Crippen LogP contribution is 2.21. The second kappa shape index (κ2) is 5.44. The minimum absolute atomic E-state index is 0.0334. The molecular weight excluding hydrogens is 198 g/mol. The number of hydrogen-bond acceptors (Lipinski definition) is 4. The highest BCUT2D eigenvalue weighted by Gasteiger charge is 2.28. The Morgan fingerprint density at radius 2 is 2.20 bits per heavy atom. The SMILES string of the molecule is C[C@@H]1C[C@H](N(C)CCC(=O)O)C[C@H](O)O1. The van der Waals surface area contributed by atoms with Crippen molar-refractivity contribution in [2.45, 2.75) is 44.6 Å². The van der Waals surface area contributed by atoms with E-state index in [0.29, 0.717) is 13.0 Å². The first-order valence-corrected chi connectivity index (χ1v) is 5.24. The number of carbonyl (C=O) groups is 1. The average Bonchev–Trinajstić information content (AvgIpc) is 2.12. The molecule has 88 valence electrons. The van der Waals surface area contributed by atoms with Crippen LogP contribution >= 0.6 is 0 Å². The van der Waals surface area contributed by atoms with E-state index < -0.39 is 12.3 Å². The first kappa shape index (κ1) is 12.4. The van der Waals surface area contributed by atoms with Crippen LogP contribution in [0.1, 0.15) is 26.2 Å². The number of rotatable bonds is 4. The Morgan fingerprint density at radius 1 is 1.53 bits per heavy atom. The van der Waals surface area contributed by atoms with E-state index in [4.69, 9.17) is 9.84 Å². The molecule has 0 amide bonds. The zero-order valence-corrected chi connectivity index (χ0v) is 9.22. The van der Waals surface area contributed by atoms with E-state index in [1.165, 1.54) is 0 Å². The standard InChI is InChI=1S/C10H19NO4/c1-7-5-8(6-10(14)15-7)11(2)4-3-9(12)13/h7-8,10,14H,3-6H2,1-2H3,(H,12,13)/t7-,8+,10-/m1/s1.